The minimum Gasteiger partial charge on any atom is -0.355 e. The quantitative estimate of drug-likeness (QED) is 0.679. The summed E-state index contributed by atoms with van der Waals surface area (Å²) in [6.45, 7) is 4.11. The lowest BCUT2D eigenvalue weighted by Gasteiger charge is -2.42. The molecule has 28 heavy (non-hydrogen) atoms. The van der Waals surface area contributed by atoms with Gasteiger partial charge in [0.05, 0.1) is 16.9 Å². The normalized spacial score (nSPS) is 21.4. The molecule has 2 fully saturated rings. The van der Waals surface area contributed by atoms with Gasteiger partial charge in [-0.1, -0.05) is 48.3 Å². The number of hydrogen-bond acceptors (Lipinski definition) is 6. The van der Waals surface area contributed by atoms with Crippen LogP contribution < -0.4 is 10.6 Å². The second-order valence-corrected chi connectivity index (χ2v) is 9.46. The van der Waals surface area contributed by atoms with E-state index in [1.807, 2.05) is 12.3 Å². The van der Waals surface area contributed by atoms with Crippen LogP contribution in [0.25, 0.3) is 0 Å². The van der Waals surface area contributed by atoms with E-state index < -0.39 is 0 Å². The van der Waals surface area contributed by atoms with Crippen LogP contribution in [0.5, 0.6) is 0 Å². The molecule has 2 N–H and O–H groups in total. The molecule has 0 radical (unpaired) electrons. The Morgan fingerprint density at radius 3 is 2.71 bits per heavy atom. The van der Waals surface area contributed by atoms with Crippen molar-refractivity contribution in [2.75, 3.05) is 18.0 Å². The van der Waals surface area contributed by atoms with Crippen LogP contribution in [0.2, 0.25) is 10.2 Å². The van der Waals surface area contributed by atoms with Gasteiger partial charge in [0.2, 0.25) is 0 Å². The Morgan fingerprint density at radius 2 is 2.04 bits per heavy atom. The van der Waals surface area contributed by atoms with Crippen molar-refractivity contribution in [2.45, 2.75) is 61.4 Å². The number of aromatic nitrogens is 3. The van der Waals surface area contributed by atoms with Gasteiger partial charge in [0.1, 0.15) is 16.0 Å². The number of nitrogens with two attached hydrogens (primary N) is 1. The molecule has 150 valence electrons. The highest BCUT2D eigenvalue weighted by Crippen LogP contribution is 2.46. The van der Waals surface area contributed by atoms with Gasteiger partial charge in [-0.05, 0) is 43.6 Å². The Balaban J connectivity index is 1.50. The van der Waals surface area contributed by atoms with Gasteiger partial charge >= 0.3 is 0 Å². The van der Waals surface area contributed by atoms with Crippen LogP contribution in [-0.4, -0.2) is 34.1 Å². The van der Waals surface area contributed by atoms with E-state index in [4.69, 9.17) is 38.9 Å². The summed E-state index contributed by atoms with van der Waals surface area (Å²) in [6, 6.07) is 2.21. The number of hydrogen-bond donors (Lipinski definition) is 1. The predicted octanol–water partition coefficient (Wildman–Crippen LogP) is 4.99. The lowest BCUT2D eigenvalue weighted by molar-refractivity contribution is 0.197. The number of halogens is 2. The zero-order valence-corrected chi connectivity index (χ0v) is 18.3. The van der Waals surface area contributed by atoms with Crippen LogP contribution >= 0.6 is 35.0 Å². The fourth-order valence-corrected chi connectivity index (χ4v) is 5.80. The minimum atomic E-state index is 0.307. The number of anilines is 1. The van der Waals surface area contributed by atoms with Gasteiger partial charge in [-0.3, -0.25) is 0 Å². The summed E-state index contributed by atoms with van der Waals surface area (Å²) < 4.78 is 0. The molecule has 0 bridgehead atoms. The van der Waals surface area contributed by atoms with Crippen molar-refractivity contribution in [1.29, 1.82) is 0 Å². The van der Waals surface area contributed by atoms with E-state index in [1.165, 1.54) is 31.0 Å². The van der Waals surface area contributed by atoms with Crippen molar-refractivity contribution < 1.29 is 0 Å². The third kappa shape index (κ3) is 3.84. The van der Waals surface area contributed by atoms with E-state index >= 15 is 0 Å². The molecule has 1 spiro atoms. The summed E-state index contributed by atoms with van der Waals surface area (Å²) in [6.07, 6.45) is 10.4. The van der Waals surface area contributed by atoms with Gasteiger partial charge in [-0.15, -0.1) is 0 Å². The molecule has 1 aliphatic heterocycles. The average Bonchev–Trinajstić information content (AvgIpc) is 3.06. The summed E-state index contributed by atoms with van der Waals surface area (Å²) in [5, 5.41) is 1.62. The summed E-state index contributed by atoms with van der Waals surface area (Å²) in [7, 11) is 0. The van der Waals surface area contributed by atoms with Crippen molar-refractivity contribution in [1.82, 2.24) is 15.0 Å². The Morgan fingerprint density at radius 1 is 1.25 bits per heavy atom. The zero-order valence-electron chi connectivity index (χ0n) is 16.0. The third-order valence-electron chi connectivity index (χ3n) is 6.21. The maximum Gasteiger partial charge on any atom is 0.148 e. The fourth-order valence-electron chi connectivity index (χ4n) is 4.43. The van der Waals surface area contributed by atoms with Crippen molar-refractivity contribution in [2.24, 2.45) is 11.1 Å². The van der Waals surface area contributed by atoms with Crippen molar-refractivity contribution in [3.8, 4) is 0 Å². The highest BCUT2D eigenvalue weighted by atomic mass is 35.5. The van der Waals surface area contributed by atoms with Gasteiger partial charge in [0.25, 0.3) is 0 Å². The predicted molar refractivity (Wildman–Crippen MR) is 115 cm³/mol. The van der Waals surface area contributed by atoms with E-state index in [0.717, 1.165) is 53.8 Å². The molecule has 1 saturated carbocycles. The molecule has 8 heteroatoms. The first-order chi connectivity index (χ1) is 13.5. The van der Waals surface area contributed by atoms with Crippen LogP contribution in [-0.2, 0) is 6.42 Å². The first-order valence-electron chi connectivity index (χ1n) is 9.87. The Labute approximate surface area is 180 Å². The monoisotopic (exact) mass is 437 g/mol. The second kappa shape index (κ2) is 8.34. The van der Waals surface area contributed by atoms with Gasteiger partial charge in [0.15, 0.2) is 0 Å². The molecule has 0 unspecified atom stereocenters. The maximum absolute atomic E-state index is 6.42. The van der Waals surface area contributed by atoms with Crippen molar-refractivity contribution in [3.63, 3.8) is 0 Å². The first kappa shape index (κ1) is 20.2. The maximum atomic E-state index is 6.42. The number of pyridine rings is 1. The van der Waals surface area contributed by atoms with Crippen LogP contribution in [0.3, 0.4) is 0 Å². The van der Waals surface area contributed by atoms with E-state index in [1.54, 1.807) is 6.20 Å². The Kier molecular flexibility index (Phi) is 6.02. The zero-order chi connectivity index (χ0) is 19.7. The van der Waals surface area contributed by atoms with Crippen LogP contribution in [0.1, 0.15) is 44.7 Å². The van der Waals surface area contributed by atoms with E-state index in [-0.39, 0.29) is 0 Å². The Bertz CT molecular complexity index is 854. The van der Waals surface area contributed by atoms with Gasteiger partial charge in [-0.2, -0.15) is 0 Å². The van der Waals surface area contributed by atoms with Crippen LogP contribution in [0.4, 0.5) is 5.82 Å². The number of piperidine rings is 1. The van der Waals surface area contributed by atoms with Crippen molar-refractivity contribution in [3.05, 3.63) is 34.3 Å². The summed E-state index contributed by atoms with van der Waals surface area (Å²) in [5.74, 6) is 0.960. The molecule has 4 rings (SSSR count). The largest absolute Gasteiger partial charge is 0.355 e. The first-order valence-corrected chi connectivity index (χ1v) is 11.4. The molecule has 1 aliphatic carbocycles. The standard InChI is InChI=1S/C20H25Cl2N5S/c1-2-13-19(28-14-5-9-24-18(22)17(14)21)25-12-16(26-13)27-10-7-20(8-11-27)6-3-4-15(20)23/h5,9,12,15H,2-4,6-8,10-11,23H2,1H3/t15-/m1/s1. The van der Waals surface area contributed by atoms with Crippen molar-refractivity contribution >= 4 is 40.8 Å². The number of aryl methyl sites for hydroxylation is 1. The molecule has 2 aromatic heterocycles. The van der Waals surface area contributed by atoms with Crippen LogP contribution in [0, 0.1) is 5.41 Å². The topological polar surface area (TPSA) is 67.9 Å². The average molecular weight is 438 g/mol. The van der Waals surface area contributed by atoms with Gasteiger partial charge in [0, 0.05) is 30.2 Å². The number of rotatable bonds is 4. The molecular weight excluding hydrogens is 413 g/mol. The molecule has 1 saturated heterocycles. The SMILES string of the molecule is CCc1nc(N2CCC3(CCC[C@H]3N)CC2)cnc1Sc1ccnc(Cl)c1Cl. The molecule has 0 aromatic carbocycles. The summed E-state index contributed by atoms with van der Waals surface area (Å²) >= 11 is 13.8. The molecule has 1 atom stereocenters. The lowest BCUT2D eigenvalue weighted by atomic mass is 9.74. The van der Waals surface area contributed by atoms with E-state index in [9.17, 15) is 0 Å². The van der Waals surface area contributed by atoms with E-state index in [2.05, 4.69) is 16.8 Å². The highest BCUT2D eigenvalue weighted by molar-refractivity contribution is 7.99. The summed E-state index contributed by atoms with van der Waals surface area (Å²) in [4.78, 5) is 16.8. The lowest BCUT2D eigenvalue weighted by Crippen LogP contribution is -2.47. The van der Waals surface area contributed by atoms with Gasteiger partial charge < -0.3 is 10.6 Å². The summed E-state index contributed by atoms with van der Waals surface area (Å²) in [5.41, 5.74) is 7.74. The Hall–Kier alpha value is -1.08. The molecule has 5 nitrogen and oxygen atoms in total. The smallest absolute Gasteiger partial charge is 0.148 e. The third-order valence-corrected chi connectivity index (χ3v) is 8.18. The minimum absolute atomic E-state index is 0.307. The van der Waals surface area contributed by atoms with Gasteiger partial charge in [-0.25, -0.2) is 15.0 Å². The molecule has 0 amide bonds. The molecule has 3 heterocycles. The fraction of sp³-hybridized carbons (Fsp3) is 0.550. The highest BCUT2D eigenvalue weighted by Gasteiger charge is 2.43. The second-order valence-electron chi connectivity index (χ2n) is 7.70. The number of nitrogens with zero attached hydrogens (tertiary/aromatic N) is 4. The molecule has 2 aliphatic rings. The molecule has 2 aromatic rings. The van der Waals surface area contributed by atoms with E-state index in [0.29, 0.717) is 21.6 Å². The van der Waals surface area contributed by atoms with Crippen LogP contribution in [0.15, 0.2) is 28.4 Å². The molecular formula is C20H25Cl2N5S.